The van der Waals surface area contributed by atoms with Crippen molar-refractivity contribution in [3.8, 4) is 0 Å². The highest BCUT2D eigenvalue weighted by Crippen LogP contribution is 2.27. The molecule has 3 heteroatoms. The summed E-state index contributed by atoms with van der Waals surface area (Å²) in [6, 6.07) is 0.479. The molecule has 0 bridgehead atoms. The first kappa shape index (κ1) is 9.81. The fourth-order valence-electron chi connectivity index (χ4n) is 2.70. The van der Waals surface area contributed by atoms with E-state index in [9.17, 15) is 4.79 Å². The van der Waals surface area contributed by atoms with Crippen LogP contribution in [0.2, 0.25) is 0 Å². The van der Waals surface area contributed by atoms with E-state index in [1.165, 1.54) is 38.5 Å². The fraction of sp³-hybridized carbons (Fsp3) is 0.909. The van der Waals surface area contributed by atoms with Crippen LogP contribution in [0, 0.1) is 5.92 Å². The molecule has 80 valence electrons. The molecular formula is C11H20N2O. The van der Waals surface area contributed by atoms with Gasteiger partial charge in [-0.25, -0.2) is 4.79 Å². The first-order chi connectivity index (χ1) is 6.86. The second-order valence-corrected chi connectivity index (χ2v) is 4.55. The number of hydrogen-bond donors (Lipinski definition) is 2. The van der Waals surface area contributed by atoms with Crippen molar-refractivity contribution in [1.29, 1.82) is 0 Å². The van der Waals surface area contributed by atoms with Gasteiger partial charge in [0.05, 0.1) is 0 Å². The smallest absolute Gasteiger partial charge is 0.315 e. The molecule has 0 aromatic heterocycles. The molecule has 1 saturated heterocycles. The highest BCUT2D eigenvalue weighted by molar-refractivity contribution is 5.74. The monoisotopic (exact) mass is 196 g/mol. The Hall–Kier alpha value is -0.730. The van der Waals surface area contributed by atoms with Crippen LogP contribution >= 0.6 is 0 Å². The Morgan fingerprint density at radius 1 is 1.00 bits per heavy atom. The van der Waals surface area contributed by atoms with Crippen molar-refractivity contribution in [2.75, 3.05) is 6.54 Å². The van der Waals surface area contributed by atoms with Crippen LogP contribution in [0.15, 0.2) is 0 Å². The number of carbonyl (C=O) groups is 1. The first-order valence-electron chi connectivity index (χ1n) is 5.90. The standard InChI is InChI=1S/C11H20N2O/c14-11-12-8-7-10(13-11)9-5-3-1-2-4-6-9/h9-10H,1-8H2,(H2,12,13,14). The number of hydrogen-bond acceptors (Lipinski definition) is 1. The third kappa shape index (κ3) is 2.40. The largest absolute Gasteiger partial charge is 0.338 e. The van der Waals surface area contributed by atoms with Gasteiger partial charge in [-0.15, -0.1) is 0 Å². The van der Waals surface area contributed by atoms with Crippen LogP contribution in [-0.4, -0.2) is 18.6 Å². The summed E-state index contributed by atoms with van der Waals surface area (Å²) in [6.45, 7) is 0.854. The molecule has 1 heterocycles. The molecule has 2 rings (SSSR count). The Morgan fingerprint density at radius 2 is 1.71 bits per heavy atom. The van der Waals surface area contributed by atoms with Gasteiger partial charge in [0.25, 0.3) is 0 Å². The second-order valence-electron chi connectivity index (χ2n) is 4.55. The average Bonchev–Trinajstić information content (AvgIpc) is 2.45. The Bertz CT molecular complexity index is 197. The van der Waals surface area contributed by atoms with Gasteiger partial charge < -0.3 is 10.6 Å². The van der Waals surface area contributed by atoms with Crippen molar-refractivity contribution in [3.05, 3.63) is 0 Å². The molecule has 2 amide bonds. The molecule has 1 atom stereocenters. The number of amides is 2. The van der Waals surface area contributed by atoms with E-state index in [2.05, 4.69) is 10.6 Å². The third-order valence-electron chi connectivity index (χ3n) is 3.53. The molecule has 0 spiro atoms. The Morgan fingerprint density at radius 3 is 2.36 bits per heavy atom. The molecule has 1 saturated carbocycles. The summed E-state index contributed by atoms with van der Waals surface area (Å²) in [7, 11) is 0. The minimum absolute atomic E-state index is 0.0329. The SMILES string of the molecule is O=C1NCCC(C2CCCCCC2)N1. The minimum Gasteiger partial charge on any atom is -0.338 e. The summed E-state index contributed by atoms with van der Waals surface area (Å²) in [5.74, 6) is 0.739. The molecule has 3 nitrogen and oxygen atoms in total. The van der Waals surface area contributed by atoms with Crippen molar-refractivity contribution in [2.45, 2.75) is 51.0 Å². The summed E-state index contributed by atoms with van der Waals surface area (Å²) in [6.07, 6.45) is 9.20. The summed E-state index contributed by atoms with van der Waals surface area (Å²) < 4.78 is 0. The lowest BCUT2D eigenvalue weighted by Crippen LogP contribution is -2.52. The maximum Gasteiger partial charge on any atom is 0.315 e. The van der Waals surface area contributed by atoms with Gasteiger partial charge in [0.15, 0.2) is 0 Å². The van der Waals surface area contributed by atoms with Crippen LogP contribution in [-0.2, 0) is 0 Å². The van der Waals surface area contributed by atoms with Gasteiger partial charge in [0, 0.05) is 12.6 Å². The maximum atomic E-state index is 11.2. The van der Waals surface area contributed by atoms with E-state index in [-0.39, 0.29) is 6.03 Å². The molecule has 0 radical (unpaired) electrons. The number of nitrogens with one attached hydrogen (secondary N) is 2. The van der Waals surface area contributed by atoms with Crippen molar-refractivity contribution in [3.63, 3.8) is 0 Å². The van der Waals surface area contributed by atoms with E-state index >= 15 is 0 Å². The molecule has 2 aliphatic rings. The lowest BCUT2D eigenvalue weighted by molar-refractivity contribution is 0.213. The van der Waals surface area contributed by atoms with Crippen LogP contribution in [0.25, 0.3) is 0 Å². The predicted molar refractivity (Wildman–Crippen MR) is 56.1 cm³/mol. The van der Waals surface area contributed by atoms with Gasteiger partial charge in [-0.3, -0.25) is 0 Å². The quantitative estimate of drug-likeness (QED) is 0.619. The van der Waals surface area contributed by atoms with Crippen LogP contribution in [0.5, 0.6) is 0 Å². The van der Waals surface area contributed by atoms with Crippen molar-refractivity contribution < 1.29 is 4.79 Å². The predicted octanol–water partition coefficient (Wildman–Crippen LogP) is 2.03. The third-order valence-corrected chi connectivity index (χ3v) is 3.53. The Balaban J connectivity index is 1.88. The van der Waals surface area contributed by atoms with E-state index in [4.69, 9.17) is 0 Å². The number of carbonyl (C=O) groups excluding carboxylic acids is 1. The van der Waals surface area contributed by atoms with E-state index in [1.54, 1.807) is 0 Å². The van der Waals surface area contributed by atoms with Gasteiger partial charge >= 0.3 is 6.03 Å². The molecule has 0 aromatic carbocycles. The summed E-state index contributed by atoms with van der Waals surface area (Å²) in [4.78, 5) is 11.2. The lowest BCUT2D eigenvalue weighted by atomic mass is 9.89. The highest BCUT2D eigenvalue weighted by atomic mass is 16.2. The van der Waals surface area contributed by atoms with Crippen molar-refractivity contribution in [1.82, 2.24) is 10.6 Å². The van der Waals surface area contributed by atoms with Crippen LogP contribution in [0.3, 0.4) is 0 Å². The van der Waals surface area contributed by atoms with E-state index in [0.717, 1.165) is 18.9 Å². The average molecular weight is 196 g/mol. The lowest BCUT2D eigenvalue weighted by Gasteiger charge is -2.30. The first-order valence-corrected chi connectivity index (χ1v) is 5.90. The van der Waals surface area contributed by atoms with E-state index in [0.29, 0.717) is 6.04 Å². The van der Waals surface area contributed by atoms with Crippen LogP contribution in [0.4, 0.5) is 4.79 Å². The summed E-state index contributed by atoms with van der Waals surface area (Å²) >= 11 is 0. The van der Waals surface area contributed by atoms with Gasteiger partial charge in [-0.1, -0.05) is 25.7 Å². The van der Waals surface area contributed by atoms with Gasteiger partial charge in [0.1, 0.15) is 0 Å². The summed E-state index contributed by atoms with van der Waals surface area (Å²) in [5, 5.41) is 5.88. The normalized spacial score (nSPS) is 30.3. The zero-order valence-electron chi connectivity index (χ0n) is 8.72. The molecule has 1 aliphatic carbocycles. The molecule has 2 fully saturated rings. The molecule has 1 aliphatic heterocycles. The topological polar surface area (TPSA) is 41.1 Å². The molecule has 0 aromatic rings. The Kier molecular flexibility index (Phi) is 3.27. The number of urea groups is 1. The number of rotatable bonds is 1. The molecular weight excluding hydrogens is 176 g/mol. The van der Waals surface area contributed by atoms with Crippen LogP contribution in [0.1, 0.15) is 44.9 Å². The Labute approximate surface area is 85.6 Å². The van der Waals surface area contributed by atoms with Gasteiger partial charge in [-0.05, 0) is 25.2 Å². The van der Waals surface area contributed by atoms with Crippen molar-refractivity contribution >= 4 is 6.03 Å². The molecule has 2 N–H and O–H groups in total. The second kappa shape index (κ2) is 4.67. The zero-order valence-corrected chi connectivity index (χ0v) is 8.72. The van der Waals surface area contributed by atoms with Crippen molar-refractivity contribution in [2.24, 2.45) is 5.92 Å². The minimum atomic E-state index is 0.0329. The van der Waals surface area contributed by atoms with E-state index in [1.807, 2.05) is 0 Å². The van der Waals surface area contributed by atoms with E-state index < -0.39 is 0 Å². The van der Waals surface area contributed by atoms with Gasteiger partial charge in [-0.2, -0.15) is 0 Å². The fourth-order valence-corrected chi connectivity index (χ4v) is 2.70. The van der Waals surface area contributed by atoms with Crippen LogP contribution < -0.4 is 10.6 Å². The maximum absolute atomic E-state index is 11.2. The van der Waals surface area contributed by atoms with Gasteiger partial charge in [0.2, 0.25) is 0 Å². The molecule has 14 heavy (non-hydrogen) atoms. The summed E-state index contributed by atoms with van der Waals surface area (Å²) in [5.41, 5.74) is 0. The zero-order chi connectivity index (χ0) is 9.80. The molecule has 1 unspecified atom stereocenters. The highest BCUT2D eigenvalue weighted by Gasteiger charge is 2.26.